The second kappa shape index (κ2) is 8.12. The Kier molecular flexibility index (Phi) is 7.03. The molecule has 1 aliphatic carbocycles. The summed E-state index contributed by atoms with van der Waals surface area (Å²) in [7, 11) is 0. The van der Waals surface area contributed by atoms with E-state index in [1.165, 1.54) is 64.2 Å². The van der Waals surface area contributed by atoms with E-state index in [0.29, 0.717) is 6.04 Å². The van der Waals surface area contributed by atoms with Crippen LogP contribution in [0.4, 0.5) is 0 Å². The average Bonchev–Trinajstić information content (AvgIpc) is 2.19. The Morgan fingerprint density at radius 2 is 1.93 bits per heavy atom. The van der Waals surface area contributed by atoms with Gasteiger partial charge in [-0.25, -0.2) is 0 Å². The van der Waals surface area contributed by atoms with E-state index in [1.54, 1.807) is 0 Å². The van der Waals surface area contributed by atoms with Crippen molar-refractivity contribution in [2.24, 2.45) is 11.8 Å². The molecule has 0 saturated heterocycles. The Hall–Kier alpha value is -0.0800. The van der Waals surface area contributed by atoms with Crippen LogP contribution in [0.5, 0.6) is 0 Å². The third-order valence-corrected chi connectivity index (χ3v) is 3.73. The van der Waals surface area contributed by atoms with Crippen LogP contribution < -0.4 is 11.3 Å². The summed E-state index contributed by atoms with van der Waals surface area (Å²) < 4.78 is 0. The molecule has 1 atom stereocenters. The lowest BCUT2D eigenvalue weighted by Gasteiger charge is -2.29. The zero-order chi connectivity index (χ0) is 10.9. The summed E-state index contributed by atoms with van der Waals surface area (Å²) in [6, 6.07) is 0.580. The van der Waals surface area contributed by atoms with Gasteiger partial charge in [0.1, 0.15) is 0 Å². The van der Waals surface area contributed by atoms with E-state index in [9.17, 15) is 0 Å². The third kappa shape index (κ3) is 5.53. The van der Waals surface area contributed by atoms with Crippen molar-refractivity contribution in [1.82, 2.24) is 5.43 Å². The van der Waals surface area contributed by atoms with Crippen molar-refractivity contribution in [2.75, 3.05) is 0 Å². The van der Waals surface area contributed by atoms with Gasteiger partial charge in [-0.3, -0.25) is 11.3 Å². The third-order valence-electron chi connectivity index (χ3n) is 3.73. The Bertz CT molecular complexity index is 143. The quantitative estimate of drug-likeness (QED) is 0.349. The highest BCUT2D eigenvalue weighted by atomic mass is 15.2. The molecule has 0 aromatic rings. The van der Waals surface area contributed by atoms with Gasteiger partial charge in [-0.05, 0) is 18.8 Å². The normalized spacial score (nSPS) is 18.8. The smallest absolute Gasteiger partial charge is 0.0213 e. The Morgan fingerprint density at radius 3 is 2.47 bits per heavy atom. The number of hydrazine groups is 1. The van der Waals surface area contributed by atoms with Crippen LogP contribution in [0.1, 0.15) is 71.1 Å². The van der Waals surface area contributed by atoms with E-state index >= 15 is 0 Å². The van der Waals surface area contributed by atoms with E-state index in [-0.39, 0.29) is 0 Å². The topological polar surface area (TPSA) is 38.0 Å². The number of rotatable bonds is 9. The first kappa shape index (κ1) is 13.0. The summed E-state index contributed by atoms with van der Waals surface area (Å²) in [6.45, 7) is 2.26. The molecule has 0 amide bonds. The Morgan fingerprint density at radius 1 is 1.20 bits per heavy atom. The fraction of sp³-hybridized carbons (Fsp3) is 1.00. The van der Waals surface area contributed by atoms with Gasteiger partial charge < -0.3 is 0 Å². The zero-order valence-corrected chi connectivity index (χ0v) is 10.3. The van der Waals surface area contributed by atoms with Crippen LogP contribution in [0.2, 0.25) is 0 Å². The lowest BCUT2D eigenvalue weighted by atomic mass is 9.80. The van der Waals surface area contributed by atoms with Crippen molar-refractivity contribution in [1.29, 1.82) is 0 Å². The summed E-state index contributed by atoms with van der Waals surface area (Å²) in [5.74, 6) is 6.56. The molecule has 2 heteroatoms. The minimum absolute atomic E-state index is 0.580. The van der Waals surface area contributed by atoms with Gasteiger partial charge >= 0.3 is 0 Å². The monoisotopic (exact) mass is 212 g/mol. The fourth-order valence-electron chi connectivity index (χ4n) is 2.39. The number of hydrogen-bond donors (Lipinski definition) is 2. The van der Waals surface area contributed by atoms with E-state index in [0.717, 1.165) is 5.92 Å². The number of unbranched alkanes of at least 4 members (excludes halogenated alkanes) is 4. The number of hydrogen-bond acceptors (Lipinski definition) is 2. The summed E-state index contributed by atoms with van der Waals surface area (Å²) in [5.41, 5.74) is 2.99. The van der Waals surface area contributed by atoms with Crippen molar-refractivity contribution in [3.8, 4) is 0 Å². The molecule has 0 spiro atoms. The molecular weight excluding hydrogens is 184 g/mol. The van der Waals surface area contributed by atoms with Crippen molar-refractivity contribution in [3.63, 3.8) is 0 Å². The van der Waals surface area contributed by atoms with E-state index in [2.05, 4.69) is 12.3 Å². The van der Waals surface area contributed by atoms with Gasteiger partial charge in [-0.2, -0.15) is 0 Å². The minimum Gasteiger partial charge on any atom is -0.271 e. The number of nitrogens with one attached hydrogen (secondary N) is 1. The number of nitrogens with two attached hydrogens (primary N) is 1. The predicted octanol–water partition coefficient (Wildman–Crippen LogP) is 3.37. The molecule has 1 saturated carbocycles. The van der Waals surface area contributed by atoms with E-state index in [1.807, 2.05) is 0 Å². The maximum Gasteiger partial charge on any atom is 0.0213 e. The lowest BCUT2D eigenvalue weighted by Crippen LogP contribution is -2.37. The molecule has 0 aromatic heterocycles. The first-order valence-corrected chi connectivity index (χ1v) is 6.83. The van der Waals surface area contributed by atoms with Gasteiger partial charge in [0, 0.05) is 6.04 Å². The van der Waals surface area contributed by atoms with Gasteiger partial charge in [0.25, 0.3) is 0 Å². The van der Waals surface area contributed by atoms with Crippen LogP contribution in [0.3, 0.4) is 0 Å². The van der Waals surface area contributed by atoms with Crippen LogP contribution in [0, 0.1) is 5.92 Å². The highest BCUT2D eigenvalue weighted by molar-refractivity contribution is 4.76. The molecule has 3 N–H and O–H groups in total. The maximum atomic E-state index is 5.59. The molecular formula is C13H28N2. The van der Waals surface area contributed by atoms with Crippen LogP contribution >= 0.6 is 0 Å². The summed E-state index contributed by atoms with van der Waals surface area (Å²) in [6.07, 6.45) is 13.8. The molecule has 0 heterocycles. The molecule has 2 nitrogen and oxygen atoms in total. The van der Waals surface area contributed by atoms with Crippen LogP contribution in [0.15, 0.2) is 0 Å². The largest absolute Gasteiger partial charge is 0.271 e. The van der Waals surface area contributed by atoms with E-state index < -0.39 is 0 Å². The maximum absolute atomic E-state index is 5.59. The van der Waals surface area contributed by atoms with E-state index in [4.69, 9.17) is 5.84 Å². The minimum atomic E-state index is 0.580. The van der Waals surface area contributed by atoms with Crippen molar-refractivity contribution in [2.45, 2.75) is 77.2 Å². The Labute approximate surface area is 95.0 Å². The second-order valence-electron chi connectivity index (χ2n) is 5.10. The standard InChI is InChI=1S/C13H28N2/c1-2-3-4-5-6-10-13(15-14)11-12-8-7-9-12/h12-13,15H,2-11,14H2,1H3. The fourth-order valence-corrected chi connectivity index (χ4v) is 2.39. The van der Waals surface area contributed by atoms with Crippen LogP contribution in [0.25, 0.3) is 0 Å². The van der Waals surface area contributed by atoms with Crippen LogP contribution in [-0.4, -0.2) is 6.04 Å². The molecule has 0 bridgehead atoms. The molecule has 1 fully saturated rings. The van der Waals surface area contributed by atoms with Gasteiger partial charge in [0.05, 0.1) is 0 Å². The summed E-state index contributed by atoms with van der Waals surface area (Å²) >= 11 is 0. The molecule has 90 valence electrons. The highest BCUT2D eigenvalue weighted by Crippen LogP contribution is 2.31. The molecule has 1 aliphatic rings. The van der Waals surface area contributed by atoms with Crippen molar-refractivity contribution in [3.05, 3.63) is 0 Å². The lowest BCUT2D eigenvalue weighted by molar-refractivity contribution is 0.252. The molecule has 1 unspecified atom stereocenters. The molecule has 1 rings (SSSR count). The SMILES string of the molecule is CCCCCCCC(CC1CCC1)NN. The van der Waals surface area contributed by atoms with Crippen molar-refractivity contribution >= 4 is 0 Å². The molecule has 15 heavy (non-hydrogen) atoms. The Balaban J connectivity index is 1.95. The average molecular weight is 212 g/mol. The van der Waals surface area contributed by atoms with Crippen molar-refractivity contribution < 1.29 is 0 Å². The van der Waals surface area contributed by atoms with Gasteiger partial charge in [-0.1, -0.05) is 58.3 Å². The first-order valence-electron chi connectivity index (χ1n) is 6.83. The zero-order valence-electron chi connectivity index (χ0n) is 10.3. The van der Waals surface area contributed by atoms with Crippen LogP contribution in [-0.2, 0) is 0 Å². The summed E-state index contributed by atoms with van der Waals surface area (Å²) in [5, 5.41) is 0. The second-order valence-corrected chi connectivity index (χ2v) is 5.10. The first-order chi connectivity index (χ1) is 7.36. The highest BCUT2D eigenvalue weighted by Gasteiger charge is 2.20. The van der Waals surface area contributed by atoms with Gasteiger partial charge in [0.15, 0.2) is 0 Å². The molecule has 0 aliphatic heterocycles. The van der Waals surface area contributed by atoms with Gasteiger partial charge in [-0.15, -0.1) is 0 Å². The molecule has 0 radical (unpaired) electrons. The summed E-state index contributed by atoms with van der Waals surface area (Å²) in [4.78, 5) is 0. The molecule has 0 aromatic carbocycles. The predicted molar refractivity (Wildman–Crippen MR) is 66.4 cm³/mol. The van der Waals surface area contributed by atoms with Gasteiger partial charge in [0.2, 0.25) is 0 Å².